The van der Waals surface area contributed by atoms with Crippen LogP contribution in [0.3, 0.4) is 0 Å². The van der Waals surface area contributed by atoms with Crippen molar-refractivity contribution in [2.75, 3.05) is 12.4 Å². The molecule has 0 fully saturated rings. The number of rotatable bonds is 6. The normalized spacial score (nSPS) is 10.8. The van der Waals surface area contributed by atoms with Gasteiger partial charge >= 0.3 is 5.69 Å². The number of nitrogens with zero attached hydrogens (tertiary/aromatic N) is 1. The highest BCUT2D eigenvalue weighted by molar-refractivity contribution is 6.01. The Morgan fingerprint density at radius 2 is 2.00 bits per heavy atom. The second-order valence-corrected chi connectivity index (χ2v) is 5.19. The van der Waals surface area contributed by atoms with Crippen molar-refractivity contribution in [3.63, 3.8) is 0 Å². The molecule has 1 rings (SSSR count). The van der Waals surface area contributed by atoms with E-state index in [2.05, 4.69) is 10.6 Å². The highest BCUT2D eigenvalue weighted by Crippen LogP contribution is 2.28. The molecule has 0 spiro atoms. The first-order valence-corrected chi connectivity index (χ1v) is 6.24. The number of amides is 2. The molecule has 0 aliphatic rings. The highest BCUT2D eigenvalue weighted by atomic mass is 16.6. The number of carbonyl (C=O) groups is 2. The molecule has 0 saturated heterocycles. The van der Waals surface area contributed by atoms with E-state index in [1.807, 2.05) is 0 Å². The molecule has 1 aromatic rings. The Labute approximate surface area is 121 Å². The number of hydrogen-bond donors (Lipinski definition) is 3. The fourth-order valence-corrected chi connectivity index (χ4v) is 1.98. The van der Waals surface area contributed by atoms with E-state index in [-0.39, 0.29) is 23.4 Å². The van der Waals surface area contributed by atoms with Gasteiger partial charge in [0.2, 0.25) is 5.91 Å². The smallest absolute Gasteiger partial charge is 0.305 e. The third kappa shape index (κ3) is 4.16. The van der Waals surface area contributed by atoms with Gasteiger partial charge in [-0.25, -0.2) is 0 Å². The zero-order valence-corrected chi connectivity index (χ0v) is 12.1. The predicted octanol–water partition coefficient (Wildman–Crippen LogP) is 1.02. The van der Waals surface area contributed by atoms with Crippen LogP contribution in [0.2, 0.25) is 0 Å². The maximum absolute atomic E-state index is 12.2. The molecule has 0 atom stereocenters. The van der Waals surface area contributed by atoms with Crippen molar-refractivity contribution >= 4 is 23.2 Å². The zero-order chi connectivity index (χ0) is 16.2. The fraction of sp³-hybridized carbons (Fsp3) is 0.385. The van der Waals surface area contributed by atoms with Gasteiger partial charge < -0.3 is 16.4 Å². The Balaban J connectivity index is 3.14. The van der Waals surface area contributed by atoms with Crippen LogP contribution in [0.5, 0.6) is 0 Å². The standard InChI is InChI=1S/C13H18N4O4/c1-13(2,7-10(14)18)16-12(19)8-5-4-6-9(15-3)11(8)17(20)21/h4-6,15H,7H2,1-3H3,(H2,14,18)(H,16,19). The molecule has 0 saturated carbocycles. The predicted molar refractivity (Wildman–Crippen MR) is 78.0 cm³/mol. The first kappa shape index (κ1) is 16.4. The lowest BCUT2D eigenvalue weighted by Crippen LogP contribution is -2.46. The minimum absolute atomic E-state index is 0.0712. The van der Waals surface area contributed by atoms with Gasteiger partial charge in [-0.05, 0) is 26.0 Å². The lowest BCUT2D eigenvalue weighted by Gasteiger charge is -2.24. The molecule has 0 bridgehead atoms. The van der Waals surface area contributed by atoms with Gasteiger partial charge in [0.15, 0.2) is 0 Å². The summed E-state index contributed by atoms with van der Waals surface area (Å²) in [6.45, 7) is 3.23. The number of hydrogen-bond acceptors (Lipinski definition) is 5. The topological polar surface area (TPSA) is 127 Å². The van der Waals surface area contributed by atoms with Crippen LogP contribution in [-0.4, -0.2) is 29.3 Å². The number of nitrogens with two attached hydrogens (primary N) is 1. The van der Waals surface area contributed by atoms with Crippen molar-refractivity contribution in [1.82, 2.24) is 5.32 Å². The zero-order valence-electron chi connectivity index (χ0n) is 12.1. The third-order valence-corrected chi connectivity index (χ3v) is 2.80. The SMILES string of the molecule is CNc1cccc(C(=O)NC(C)(C)CC(N)=O)c1[N+](=O)[O-]. The maximum atomic E-state index is 12.2. The molecule has 0 heterocycles. The van der Waals surface area contributed by atoms with E-state index >= 15 is 0 Å². The van der Waals surface area contributed by atoms with Crippen molar-refractivity contribution in [2.45, 2.75) is 25.8 Å². The Morgan fingerprint density at radius 1 is 1.38 bits per heavy atom. The first-order chi connectivity index (χ1) is 9.68. The molecular formula is C13H18N4O4. The lowest BCUT2D eigenvalue weighted by molar-refractivity contribution is -0.384. The van der Waals surface area contributed by atoms with Crippen LogP contribution in [-0.2, 0) is 4.79 Å². The van der Waals surface area contributed by atoms with Crippen molar-refractivity contribution in [3.8, 4) is 0 Å². The van der Waals surface area contributed by atoms with Crippen LogP contribution >= 0.6 is 0 Å². The van der Waals surface area contributed by atoms with Crippen LogP contribution in [0.1, 0.15) is 30.6 Å². The number of benzene rings is 1. The Bertz CT molecular complexity index is 584. The molecular weight excluding hydrogens is 276 g/mol. The molecule has 2 amide bonds. The molecule has 0 unspecified atom stereocenters. The van der Waals surface area contributed by atoms with E-state index in [9.17, 15) is 19.7 Å². The molecule has 8 heteroatoms. The van der Waals surface area contributed by atoms with Gasteiger partial charge in [0.1, 0.15) is 11.3 Å². The number of nitro benzene ring substituents is 1. The molecule has 8 nitrogen and oxygen atoms in total. The Hall–Kier alpha value is -2.64. The summed E-state index contributed by atoms with van der Waals surface area (Å²) in [6.07, 6.45) is -0.0712. The van der Waals surface area contributed by atoms with Crippen LogP contribution in [0.25, 0.3) is 0 Å². The van der Waals surface area contributed by atoms with Gasteiger partial charge in [0.05, 0.1) is 4.92 Å². The van der Waals surface area contributed by atoms with Gasteiger partial charge in [0.25, 0.3) is 5.91 Å². The number of nitro groups is 1. The molecule has 21 heavy (non-hydrogen) atoms. The number of primary amides is 1. The number of nitrogens with one attached hydrogen (secondary N) is 2. The monoisotopic (exact) mass is 294 g/mol. The van der Waals surface area contributed by atoms with Gasteiger partial charge in [-0.2, -0.15) is 0 Å². The quantitative estimate of drug-likeness (QED) is 0.533. The molecule has 0 aliphatic heterocycles. The fourth-order valence-electron chi connectivity index (χ4n) is 1.98. The van der Waals surface area contributed by atoms with E-state index in [1.165, 1.54) is 25.2 Å². The Kier molecular flexibility index (Phi) is 4.85. The van der Waals surface area contributed by atoms with Crippen LogP contribution in [0.4, 0.5) is 11.4 Å². The summed E-state index contributed by atoms with van der Waals surface area (Å²) in [5.74, 6) is -1.20. The van der Waals surface area contributed by atoms with E-state index in [0.29, 0.717) is 0 Å². The number of para-hydroxylation sites is 1. The molecule has 114 valence electrons. The van der Waals surface area contributed by atoms with Crippen molar-refractivity contribution in [3.05, 3.63) is 33.9 Å². The minimum Gasteiger partial charge on any atom is -0.383 e. The summed E-state index contributed by atoms with van der Waals surface area (Å²) in [5, 5.41) is 16.4. The number of anilines is 1. The van der Waals surface area contributed by atoms with Gasteiger partial charge in [-0.3, -0.25) is 19.7 Å². The molecule has 0 aliphatic carbocycles. The molecule has 0 aromatic heterocycles. The summed E-state index contributed by atoms with van der Waals surface area (Å²) < 4.78 is 0. The summed E-state index contributed by atoms with van der Waals surface area (Å²) in [4.78, 5) is 33.7. The maximum Gasteiger partial charge on any atom is 0.305 e. The van der Waals surface area contributed by atoms with Gasteiger partial charge in [-0.15, -0.1) is 0 Å². The summed E-state index contributed by atoms with van der Waals surface area (Å²) in [6, 6.07) is 4.40. The first-order valence-electron chi connectivity index (χ1n) is 6.24. The largest absolute Gasteiger partial charge is 0.383 e. The molecule has 4 N–H and O–H groups in total. The van der Waals surface area contributed by atoms with E-state index in [0.717, 1.165) is 0 Å². The summed E-state index contributed by atoms with van der Waals surface area (Å²) >= 11 is 0. The summed E-state index contributed by atoms with van der Waals surface area (Å²) in [5.41, 5.74) is 4.06. The van der Waals surface area contributed by atoms with E-state index in [1.54, 1.807) is 13.8 Å². The Morgan fingerprint density at radius 3 is 2.48 bits per heavy atom. The lowest BCUT2D eigenvalue weighted by atomic mass is 9.99. The van der Waals surface area contributed by atoms with Crippen molar-refractivity contribution in [2.24, 2.45) is 5.73 Å². The van der Waals surface area contributed by atoms with Gasteiger partial charge in [-0.1, -0.05) is 6.07 Å². The van der Waals surface area contributed by atoms with Crippen LogP contribution in [0, 0.1) is 10.1 Å². The minimum atomic E-state index is -0.896. The highest BCUT2D eigenvalue weighted by Gasteiger charge is 2.29. The second-order valence-electron chi connectivity index (χ2n) is 5.19. The van der Waals surface area contributed by atoms with E-state index in [4.69, 9.17) is 5.73 Å². The average molecular weight is 294 g/mol. The second kappa shape index (κ2) is 6.21. The van der Waals surface area contributed by atoms with E-state index < -0.39 is 22.3 Å². The van der Waals surface area contributed by atoms with Crippen molar-refractivity contribution < 1.29 is 14.5 Å². The van der Waals surface area contributed by atoms with Crippen LogP contribution < -0.4 is 16.4 Å². The third-order valence-electron chi connectivity index (χ3n) is 2.80. The molecule has 1 aromatic carbocycles. The van der Waals surface area contributed by atoms with Crippen LogP contribution in [0.15, 0.2) is 18.2 Å². The summed E-state index contributed by atoms with van der Waals surface area (Å²) in [7, 11) is 1.53. The molecule has 0 radical (unpaired) electrons. The van der Waals surface area contributed by atoms with Gasteiger partial charge in [0, 0.05) is 19.0 Å². The average Bonchev–Trinajstić information content (AvgIpc) is 2.35. The van der Waals surface area contributed by atoms with Crippen molar-refractivity contribution in [1.29, 1.82) is 0 Å². The number of carbonyl (C=O) groups excluding carboxylic acids is 2.